The zero-order valence-electron chi connectivity index (χ0n) is 15.4. The first-order valence-electron chi connectivity index (χ1n) is 9.18. The van der Waals surface area contributed by atoms with Crippen molar-refractivity contribution in [2.24, 2.45) is 0 Å². The third-order valence-electron chi connectivity index (χ3n) is 4.33. The highest BCUT2D eigenvalue weighted by Crippen LogP contribution is 2.19. The lowest BCUT2D eigenvalue weighted by molar-refractivity contribution is 0.101. The lowest BCUT2D eigenvalue weighted by Gasteiger charge is -2.12. The third-order valence-corrected chi connectivity index (χ3v) is 4.33. The molecule has 138 valence electrons. The van der Waals surface area contributed by atoms with E-state index in [1.165, 1.54) is 22.4 Å². The summed E-state index contributed by atoms with van der Waals surface area (Å²) in [6, 6.07) is 20.7. The number of aromatic nitrogens is 2. The predicted molar refractivity (Wildman–Crippen MR) is 107 cm³/mol. The maximum absolute atomic E-state index is 12.7. The minimum Gasteiger partial charge on any atom is -0.320 e. The third kappa shape index (κ3) is 4.91. The Morgan fingerprint density at radius 3 is 2.52 bits per heavy atom. The number of nitrogens with one attached hydrogen (secondary N) is 1. The van der Waals surface area contributed by atoms with Gasteiger partial charge in [-0.2, -0.15) is 5.10 Å². The molecule has 1 heterocycles. The van der Waals surface area contributed by atoms with Gasteiger partial charge in [-0.1, -0.05) is 61.9 Å². The quantitative estimate of drug-likeness (QED) is 0.694. The Labute approximate surface area is 158 Å². The molecule has 0 fully saturated rings. The summed E-state index contributed by atoms with van der Waals surface area (Å²) in [6.45, 7) is 2.56. The van der Waals surface area contributed by atoms with Gasteiger partial charge in [0.15, 0.2) is 0 Å². The Morgan fingerprint density at radius 2 is 1.74 bits per heavy atom. The van der Waals surface area contributed by atoms with Crippen LogP contribution in [-0.2, 0) is 13.0 Å². The first-order chi connectivity index (χ1) is 13.2. The second-order valence-electron chi connectivity index (χ2n) is 6.41. The lowest BCUT2D eigenvalue weighted by atomic mass is 10.0. The second-order valence-corrected chi connectivity index (χ2v) is 6.41. The van der Waals surface area contributed by atoms with Crippen molar-refractivity contribution in [2.45, 2.75) is 32.7 Å². The molecule has 27 heavy (non-hydrogen) atoms. The van der Waals surface area contributed by atoms with Crippen molar-refractivity contribution < 1.29 is 4.79 Å². The van der Waals surface area contributed by atoms with Gasteiger partial charge in [-0.15, -0.1) is 0 Å². The van der Waals surface area contributed by atoms with Crippen LogP contribution >= 0.6 is 0 Å². The van der Waals surface area contributed by atoms with Gasteiger partial charge in [-0.3, -0.25) is 9.59 Å². The van der Waals surface area contributed by atoms with E-state index in [0.717, 1.165) is 30.5 Å². The van der Waals surface area contributed by atoms with Gasteiger partial charge in [-0.25, -0.2) is 4.68 Å². The van der Waals surface area contributed by atoms with Gasteiger partial charge in [0.1, 0.15) is 5.69 Å². The molecule has 0 bridgehead atoms. The van der Waals surface area contributed by atoms with Crippen LogP contribution < -0.4 is 10.9 Å². The summed E-state index contributed by atoms with van der Waals surface area (Å²) in [5.74, 6) is -0.319. The molecule has 5 heteroatoms. The Kier molecular flexibility index (Phi) is 6.15. The van der Waals surface area contributed by atoms with Crippen molar-refractivity contribution in [3.8, 4) is 0 Å². The molecule has 1 amide bonds. The Balaban J connectivity index is 1.79. The summed E-state index contributed by atoms with van der Waals surface area (Å²) in [6.07, 6.45) is 2.52. The van der Waals surface area contributed by atoms with Crippen molar-refractivity contribution in [2.75, 3.05) is 5.32 Å². The normalized spacial score (nSPS) is 10.6. The smallest absolute Gasteiger partial charge is 0.276 e. The Morgan fingerprint density at radius 1 is 1.00 bits per heavy atom. The summed E-state index contributed by atoms with van der Waals surface area (Å²) < 4.78 is 1.36. The van der Waals surface area contributed by atoms with E-state index in [4.69, 9.17) is 0 Å². The van der Waals surface area contributed by atoms with Crippen molar-refractivity contribution in [3.63, 3.8) is 0 Å². The number of anilines is 1. The van der Waals surface area contributed by atoms with E-state index in [1.807, 2.05) is 49.4 Å². The van der Waals surface area contributed by atoms with Crippen molar-refractivity contribution >= 4 is 11.6 Å². The standard InChI is InChI=1S/C22H23N3O2/c1-2-3-15-25-21(26)14-13-20(24-25)22(27)23-19-12-8-7-11-18(19)16-17-9-5-4-6-10-17/h4-14H,2-3,15-16H2,1H3,(H,23,27). The highest BCUT2D eigenvalue weighted by molar-refractivity contribution is 6.03. The highest BCUT2D eigenvalue weighted by atomic mass is 16.2. The fraction of sp³-hybridized carbons (Fsp3) is 0.227. The zero-order chi connectivity index (χ0) is 19.1. The molecule has 1 N–H and O–H groups in total. The van der Waals surface area contributed by atoms with Crippen LogP contribution in [0.5, 0.6) is 0 Å². The Hall–Kier alpha value is -3.21. The molecule has 0 atom stereocenters. The van der Waals surface area contributed by atoms with Crippen LogP contribution in [0.2, 0.25) is 0 Å². The fourth-order valence-electron chi connectivity index (χ4n) is 2.84. The molecule has 0 unspecified atom stereocenters. The number of benzene rings is 2. The monoisotopic (exact) mass is 361 g/mol. The predicted octanol–water partition coefficient (Wildman–Crippen LogP) is 3.89. The number of aryl methyl sites for hydroxylation is 1. The molecule has 5 nitrogen and oxygen atoms in total. The lowest BCUT2D eigenvalue weighted by Crippen LogP contribution is -2.26. The van der Waals surface area contributed by atoms with Gasteiger partial charge in [0.05, 0.1) is 0 Å². The number of hydrogen-bond donors (Lipinski definition) is 1. The largest absolute Gasteiger partial charge is 0.320 e. The molecule has 1 aromatic heterocycles. The molecule has 3 aromatic rings. The van der Waals surface area contributed by atoms with Crippen LogP contribution in [0.4, 0.5) is 5.69 Å². The van der Waals surface area contributed by atoms with Crippen LogP contribution in [0.25, 0.3) is 0 Å². The average molecular weight is 361 g/mol. The SMILES string of the molecule is CCCCn1nc(C(=O)Nc2ccccc2Cc2ccccc2)ccc1=O. The number of hydrogen-bond acceptors (Lipinski definition) is 3. The van der Waals surface area contributed by atoms with Crippen LogP contribution in [0.1, 0.15) is 41.4 Å². The van der Waals surface area contributed by atoms with Crippen molar-refractivity contribution in [3.05, 3.63) is 93.9 Å². The average Bonchev–Trinajstić information content (AvgIpc) is 2.69. The maximum atomic E-state index is 12.7. The van der Waals surface area contributed by atoms with Crippen molar-refractivity contribution in [1.82, 2.24) is 9.78 Å². The van der Waals surface area contributed by atoms with Crippen LogP contribution in [0, 0.1) is 0 Å². The minimum absolute atomic E-state index is 0.190. The Bertz CT molecular complexity index is 965. The van der Waals surface area contributed by atoms with Crippen molar-refractivity contribution in [1.29, 1.82) is 0 Å². The highest BCUT2D eigenvalue weighted by Gasteiger charge is 2.12. The number of carbonyl (C=O) groups excluding carboxylic acids is 1. The molecule has 0 aliphatic heterocycles. The summed E-state index contributed by atoms with van der Waals surface area (Å²) in [4.78, 5) is 24.6. The van der Waals surface area contributed by atoms with E-state index in [9.17, 15) is 9.59 Å². The summed E-state index contributed by atoms with van der Waals surface area (Å²) >= 11 is 0. The van der Waals surface area contributed by atoms with E-state index in [1.54, 1.807) is 0 Å². The topological polar surface area (TPSA) is 64.0 Å². The summed E-state index contributed by atoms with van der Waals surface area (Å²) in [5, 5.41) is 7.14. The van der Waals surface area contributed by atoms with E-state index in [0.29, 0.717) is 6.54 Å². The van der Waals surface area contributed by atoms with E-state index in [-0.39, 0.29) is 17.2 Å². The molecule has 3 rings (SSSR count). The molecule has 0 spiro atoms. The fourth-order valence-corrected chi connectivity index (χ4v) is 2.84. The molecular weight excluding hydrogens is 338 g/mol. The number of unbranched alkanes of at least 4 members (excludes halogenated alkanes) is 1. The van der Waals surface area contributed by atoms with Gasteiger partial charge >= 0.3 is 0 Å². The van der Waals surface area contributed by atoms with Crippen LogP contribution in [-0.4, -0.2) is 15.7 Å². The summed E-state index contributed by atoms with van der Waals surface area (Å²) in [7, 11) is 0. The first kappa shape index (κ1) is 18.6. The first-order valence-corrected chi connectivity index (χ1v) is 9.18. The number of nitrogens with zero attached hydrogens (tertiary/aromatic N) is 2. The van der Waals surface area contributed by atoms with Crippen LogP contribution in [0.15, 0.2) is 71.5 Å². The molecule has 0 aliphatic rings. The van der Waals surface area contributed by atoms with Crippen LogP contribution in [0.3, 0.4) is 0 Å². The van der Waals surface area contributed by atoms with Gasteiger partial charge in [0.2, 0.25) is 0 Å². The molecule has 0 radical (unpaired) electrons. The van der Waals surface area contributed by atoms with E-state index in [2.05, 4.69) is 22.5 Å². The maximum Gasteiger partial charge on any atom is 0.276 e. The zero-order valence-corrected chi connectivity index (χ0v) is 15.4. The number of rotatable bonds is 7. The summed E-state index contributed by atoms with van der Waals surface area (Å²) in [5.41, 5.74) is 2.99. The van der Waals surface area contributed by atoms with Gasteiger partial charge in [0.25, 0.3) is 11.5 Å². The number of para-hydroxylation sites is 1. The van der Waals surface area contributed by atoms with E-state index >= 15 is 0 Å². The minimum atomic E-state index is -0.319. The van der Waals surface area contributed by atoms with Gasteiger partial charge in [-0.05, 0) is 36.1 Å². The molecular formula is C22H23N3O2. The van der Waals surface area contributed by atoms with Gasteiger partial charge < -0.3 is 5.32 Å². The molecule has 2 aromatic carbocycles. The number of amides is 1. The molecule has 0 saturated heterocycles. The number of carbonyl (C=O) groups is 1. The molecule has 0 saturated carbocycles. The van der Waals surface area contributed by atoms with E-state index < -0.39 is 0 Å². The molecule has 0 aliphatic carbocycles. The second kappa shape index (κ2) is 8.94. The van der Waals surface area contributed by atoms with Gasteiger partial charge in [0, 0.05) is 18.3 Å².